The predicted molar refractivity (Wildman–Crippen MR) is 205 cm³/mol. The number of alkyl carbamates (subject to hydrolysis) is 1. The number of halogens is 3. The van der Waals surface area contributed by atoms with Gasteiger partial charge in [-0.15, -0.1) is 0 Å². The van der Waals surface area contributed by atoms with Crippen molar-refractivity contribution in [2.24, 2.45) is 5.92 Å². The molecule has 3 aliphatic heterocycles. The molecule has 3 N–H and O–H groups in total. The van der Waals surface area contributed by atoms with E-state index >= 15 is 0 Å². The van der Waals surface area contributed by atoms with Crippen LogP contribution in [0.15, 0.2) is 30.4 Å². The first-order valence-corrected chi connectivity index (χ1v) is 21.4. The highest BCUT2D eigenvalue weighted by Gasteiger charge is 2.63. The van der Waals surface area contributed by atoms with Gasteiger partial charge >= 0.3 is 12.3 Å². The van der Waals surface area contributed by atoms with Crippen molar-refractivity contribution in [3.8, 4) is 11.5 Å². The van der Waals surface area contributed by atoms with Crippen LogP contribution in [0.3, 0.4) is 0 Å². The number of aromatic nitrogens is 1. The van der Waals surface area contributed by atoms with Crippen molar-refractivity contribution < 1.29 is 59.8 Å². The second-order valence-corrected chi connectivity index (χ2v) is 19.1. The molecule has 5 unspecified atom stereocenters. The molecule has 3 fully saturated rings. The molecule has 320 valence electrons. The van der Waals surface area contributed by atoms with Crippen molar-refractivity contribution in [3.63, 3.8) is 0 Å². The fourth-order valence-corrected chi connectivity index (χ4v) is 9.64. The second-order valence-electron chi connectivity index (χ2n) is 17.1. The number of carbonyl (C=O) groups excluding carboxylic acids is 5. The largest absolute Gasteiger partial charge is 0.486 e. The fraction of sp³-hybridized carbons (Fsp3) is 0.600. The Kier molecular flexibility index (Phi) is 11.1. The molecule has 2 aromatic rings. The third kappa shape index (κ3) is 8.99. The van der Waals surface area contributed by atoms with Crippen molar-refractivity contribution >= 4 is 51.0 Å². The van der Waals surface area contributed by atoms with Crippen LogP contribution in [0.2, 0.25) is 0 Å². The smallest absolute Gasteiger partial charge is 0.437 e. The summed E-state index contributed by atoms with van der Waals surface area (Å²) in [5.74, 6) is -3.38. The highest BCUT2D eigenvalue weighted by Crippen LogP contribution is 2.50. The summed E-state index contributed by atoms with van der Waals surface area (Å²) in [6, 6.07) is 1.61. The van der Waals surface area contributed by atoms with E-state index in [1.165, 1.54) is 23.1 Å². The van der Waals surface area contributed by atoms with Crippen molar-refractivity contribution in [2.45, 2.75) is 132 Å². The minimum absolute atomic E-state index is 0.00274. The number of aryl methyl sites for hydroxylation is 1. The third-order valence-electron chi connectivity index (χ3n) is 11.4. The van der Waals surface area contributed by atoms with Crippen LogP contribution in [-0.4, -0.2) is 95.6 Å². The summed E-state index contributed by atoms with van der Waals surface area (Å²) < 4.78 is 89.5. The molecular weight excluding hydrogens is 800 g/mol. The van der Waals surface area contributed by atoms with Gasteiger partial charge in [-0.25, -0.2) is 18.2 Å². The third-order valence-corrected chi connectivity index (χ3v) is 13.2. The Labute approximate surface area is 339 Å². The molecular formula is C40H48F3N5O10S. The van der Waals surface area contributed by atoms with E-state index in [-0.39, 0.29) is 62.1 Å². The van der Waals surface area contributed by atoms with Crippen molar-refractivity contribution in [2.75, 3.05) is 13.2 Å². The van der Waals surface area contributed by atoms with Crippen LogP contribution in [0.1, 0.15) is 96.2 Å². The summed E-state index contributed by atoms with van der Waals surface area (Å²) >= 11 is 0. The van der Waals surface area contributed by atoms with Crippen molar-refractivity contribution in [3.05, 3.63) is 41.6 Å². The summed E-state index contributed by atoms with van der Waals surface area (Å²) in [5.41, 5.74) is -5.27. The zero-order chi connectivity index (χ0) is 42.5. The van der Waals surface area contributed by atoms with E-state index in [1.54, 1.807) is 26.8 Å². The number of sulfonamides is 1. The zero-order valence-corrected chi connectivity index (χ0v) is 33.8. The lowest BCUT2D eigenvalue weighted by molar-refractivity contribution is -0.144. The van der Waals surface area contributed by atoms with E-state index in [2.05, 4.69) is 20.3 Å². The van der Waals surface area contributed by atoms with Crippen LogP contribution in [0.25, 0.3) is 10.9 Å². The van der Waals surface area contributed by atoms with Gasteiger partial charge in [-0.2, -0.15) is 13.2 Å². The molecule has 2 aliphatic carbocycles. The minimum Gasteiger partial charge on any atom is -0.486 e. The lowest BCUT2D eigenvalue weighted by Crippen LogP contribution is -2.58. The molecule has 15 nitrogen and oxygen atoms in total. The van der Waals surface area contributed by atoms with E-state index in [1.807, 2.05) is 6.08 Å². The molecule has 0 bridgehead atoms. The number of nitrogens with one attached hydrogen (secondary N) is 3. The van der Waals surface area contributed by atoms with Crippen LogP contribution < -0.4 is 24.8 Å². The summed E-state index contributed by atoms with van der Waals surface area (Å²) in [6.45, 7) is 4.31. The molecule has 5 atom stereocenters. The van der Waals surface area contributed by atoms with Crippen LogP contribution in [0.5, 0.6) is 11.5 Å². The Hall–Kier alpha value is -4.94. The van der Waals surface area contributed by atoms with Gasteiger partial charge in [-0.1, -0.05) is 25.0 Å². The molecule has 0 radical (unpaired) electrons. The average molecular weight is 848 g/mol. The molecule has 59 heavy (non-hydrogen) atoms. The molecule has 5 aliphatic rings. The van der Waals surface area contributed by atoms with Crippen molar-refractivity contribution in [1.29, 1.82) is 0 Å². The SMILES string of the molecule is CC(C)(C)OC(=O)NC1CCCCCC=CC2CC2(C(=O)NS(=O)(=O)C2CC2)NC(=O)C2CC3(CCc4c(c(C(F)(F)F)nc5ccc(OCC=O)cc45)O3)CN2C1=O. The number of ether oxygens (including phenoxy) is 3. The quantitative estimate of drug-likeness (QED) is 0.264. The number of amides is 4. The number of fused-ring (bicyclic) bond motifs is 5. The second kappa shape index (κ2) is 15.6. The van der Waals surface area contributed by atoms with Gasteiger partial charge in [0.1, 0.15) is 41.2 Å². The van der Waals surface area contributed by atoms with Crippen molar-refractivity contribution in [1.82, 2.24) is 25.2 Å². The highest BCUT2D eigenvalue weighted by molar-refractivity contribution is 7.91. The van der Waals surface area contributed by atoms with Gasteiger partial charge < -0.3 is 29.7 Å². The maximum Gasteiger partial charge on any atom is 0.437 e. The van der Waals surface area contributed by atoms with Gasteiger partial charge in [0.2, 0.25) is 21.8 Å². The molecule has 1 spiro atoms. The summed E-state index contributed by atoms with van der Waals surface area (Å²) in [6.07, 6.45) is 1.49. The van der Waals surface area contributed by atoms with Gasteiger partial charge in [0.25, 0.3) is 5.91 Å². The topological polar surface area (TPSA) is 199 Å². The summed E-state index contributed by atoms with van der Waals surface area (Å²) in [7, 11) is -4.01. The lowest BCUT2D eigenvalue weighted by Gasteiger charge is -2.37. The molecule has 1 aromatic carbocycles. The molecule has 1 saturated heterocycles. The number of pyridine rings is 1. The predicted octanol–water partition coefficient (Wildman–Crippen LogP) is 4.39. The fourth-order valence-electron chi connectivity index (χ4n) is 8.27. The molecule has 4 amide bonds. The Balaban J connectivity index is 1.27. The minimum atomic E-state index is -4.98. The van der Waals surface area contributed by atoms with Gasteiger partial charge in [0.15, 0.2) is 17.7 Å². The number of benzene rings is 1. The first-order valence-electron chi connectivity index (χ1n) is 19.9. The van der Waals surface area contributed by atoms with Crippen LogP contribution >= 0.6 is 0 Å². The van der Waals surface area contributed by atoms with Gasteiger partial charge in [-0.3, -0.25) is 23.9 Å². The van der Waals surface area contributed by atoms with Crippen LogP contribution in [0, 0.1) is 5.92 Å². The lowest BCUT2D eigenvalue weighted by atomic mass is 9.87. The molecule has 7 rings (SSSR count). The maximum atomic E-state index is 14.8. The maximum absolute atomic E-state index is 14.8. The Morgan fingerprint density at radius 2 is 1.86 bits per heavy atom. The number of alkyl halides is 3. The molecule has 2 saturated carbocycles. The zero-order valence-electron chi connectivity index (χ0n) is 33.0. The monoisotopic (exact) mass is 847 g/mol. The van der Waals surface area contributed by atoms with E-state index in [0.29, 0.717) is 50.2 Å². The number of nitrogens with zero attached hydrogens (tertiary/aromatic N) is 2. The number of hydrogen-bond acceptors (Lipinski definition) is 11. The van der Waals surface area contributed by atoms with E-state index in [9.17, 15) is 45.6 Å². The average Bonchev–Trinajstić information content (AvgIpc) is 4.08. The standard InChI is InChI=1S/C40H48F3N5O10S/c1-37(2,3)58-36(53)45-29-10-8-6-4-5-7-9-23-20-39(23,35(52)47-59(54,55)25-12-13-25)46-33(50)30-21-38(22-48(30)34(29)51)16-15-26-27-19-24(56-18-17-49)11-14-28(27)44-32(31(26)57-38)40(41,42)43/h7,9,11,14,17,19,23,25,29-30H,4-6,8,10,12-13,15-16,18,20-22H2,1-3H3,(H,45,53)(H,46,50)(H,47,52). The van der Waals surface area contributed by atoms with E-state index in [4.69, 9.17) is 14.2 Å². The van der Waals surface area contributed by atoms with Crippen LogP contribution in [-0.2, 0) is 46.5 Å². The summed E-state index contributed by atoms with van der Waals surface area (Å²) in [5, 5.41) is 4.99. The van der Waals surface area contributed by atoms with Gasteiger partial charge in [-0.05, 0) is 90.3 Å². The van der Waals surface area contributed by atoms with E-state index < -0.39 is 91.5 Å². The number of aldehydes is 1. The summed E-state index contributed by atoms with van der Waals surface area (Å²) in [4.78, 5) is 72.2. The number of hydrogen-bond donors (Lipinski definition) is 3. The Morgan fingerprint density at radius 3 is 2.56 bits per heavy atom. The highest BCUT2D eigenvalue weighted by atomic mass is 32.2. The van der Waals surface area contributed by atoms with Gasteiger partial charge in [0.05, 0.1) is 17.3 Å². The molecule has 1 aromatic heterocycles. The van der Waals surface area contributed by atoms with Crippen LogP contribution in [0.4, 0.5) is 18.0 Å². The number of rotatable bonds is 7. The number of allylic oxidation sites excluding steroid dienone is 1. The first kappa shape index (κ1) is 42.2. The first-order chi connectivity index (χ1) is 27.7. The normalized spacial score (nSPS) is 27.6. The Bertz CT molecular complexity index is 2190. The molecule has 19 heteroatoms. The van der Waals surface area contributed by atoms with Gasteiger partial charge in [0, 0.05) is 23.3 Å². The Morgan fingerprint density at radius 1 is 1.10 bits per heavy atom. The number of carbonyl (C=O) groups is 5. The molecule has 4 heterocycles. The van der Waals surface area contributed by atoms with E-state index in [0.717, 1.165) is 0 Å².